The minimum Gasteiger partial charge on any atom is -0.493 e. The minimum atomic E-state index is -0.840. The maximum absolute atomic E-state index is 13.2. The summed E-state index contributed by atoms with van der Waals surface area (Å²) in [6.45, 7) is 1.07. The fraction of sp³-hybridized carbons (Fsp3) is 0.429. The molecule has 1 aromatic carbocycles. The number of nitrogens with zero attached hydrogens (tertiary/aromatic N) is 2. The predicted octanol–water partition coefficient (Wildman–Crippen LogP) is 2.47. The highest BCUT2D eigenvalue weighted by Crippen LogP contribution is 2.30. The van der Waals surface area contributed by atoms with Crippen LogP contribution in [0.4, 0.5) is 4.39 Å². The molecular weight excluding hydrogens is 297 g/mol. The van der Waals surface area contributed by atoms with Crippen LogP contribution in [-0.4, -0.2) is 29.5 Å². The van der Waals surface area contributed by atoms with Crippen molar-refractivity contribution in [3.05, 3.63) is 29.7 Å². The SMILES string of the molecule is Cl.F[C@@H]1CN[C@@H](c2nc(-c3ccc4c(c3)CCO4)no2)C1. The van der Waals surface area contributed by atoms with Gasteiger partial charge in [-0.1, -0.05) is 5.16 Å². The largest absolute Gasteiger partial charge is 0.493 e. The standard InChI is InChI=1S/C14H14FN3O2.ClH/c15-10-6-11(16-7-10)14-17-13(18-20-14)9-1-2-12-8(5-9)3-4-19-12;/h1-2,5,10-11,16H,3-4,6-7H2;1H/t10-,11+;/m0./s1. The second-order valence-corrected chi connectivity index (χ2v) is 5.17. The van der Waals surface area contributed by atoms with Crippen LogP contribution in [-0.2, 0) is 6.42 Å². The topological polar surface area (TPSA) is 60.2 Å². The summed E-state index contributed by atoms with van der Waals surface area (Å²) in [5.74, 6) is 1.92. The van der Waals surface area contributed by atoms with Crippen LogP contribution in [0.25, 0.3) is 11.4 Å². The van der Waals surface area contributed by atoms with Gasteiger partial charge in [-0.3, -0.25) is 0 Å². The number of benzene rings is 1. The molecule has 0 amide bonds. The van der Waals surface area contributed by atoms with Gasteiger partial charge in [-0.05, 0) is 23.8 Å². The summed E-state index contributed by atoms with van der Waals surface area (Å²) >= 11 is 0. The fourth-order valence-corrected chi connectivity index (χ4v) is 2.70. The zero-order chi connectivity index (χ0) is 13.5. The second kappa shape index (κ2) is 5.61. The quantitative estimate of drug-likeness (QED) is 0.923. The van der Waals surface area contributed by atoms with Crippen molar-refractivity contribution in [2.45, 2.75) is 25.1 Å². The van der Waals surface area contributed by atoms with Gasteiger partial charge >= 0.3 is 0 Å². The molecule has 2 aromatic rings. The lowest BCUT2D eigenvalue weighted by molar-refractivity contribution is 0.324. The lowest BCUT2D eigenvalue weighted by atomic mass is 10.1. The maximum Gasteiger partial charge on any atom is 0.244 e. The Kier molecular flexibility index (Phi) is 3.82. The zero-order valence-electron chi connectivity index (χ0n) is 11.2. The van der Waals surface area contributed by atoms with Crippen LogP contribution in [0.2, 0.25) is 0 Å². The van der Waals surface area contributed by atoms with Crippen molar-refractivity contribution in [2.24, 2.45) is 0 Å². The number of alkyl halides is 1. The summed E-state index contributed by atoms with van der Waals surface area (Å²) in [6, 6.07) is 5.69. The Bertz CT molecular complexity index is 649. The zero-order valence-corrected chi connectivity index (χ0v) is 12.0. The second-order valence-electron chi connectivity index (χ2n) is 5.17. The molecule has 7 heteroatoms. The van der Waals surface area contributed by atoms with E-state index in [1.54, 1.807) is 0 Å². The van der Waals surface area contributed by atoms with E-state index in [2.05, 4.69) is 15.5 Å². The molecule has 0 unspecified atom stereocenters. The molecule has 2 aliphatic heterocycles. The lowest BCUT2D eigenvalue weighted by Gasteiger charge is -2.01. The molecule has 0 bridgehead atoms. The van der Waals surface area contributed by atoms with Gasteiger partial charge in [0.05, 0.1) is 12.6 Å². The van der Waals surface area contributed by atoms with E-state index in [0.29, 0.717) is 24.7 Å². The fourth-order valence-electron chi connectivity index (χ4n) is 2.70. The molecule has 112 valence electrons. The molecule has 3 heterocycles. The third-order valence-corrected chi connectivity index (χ3v) is 3.76. The summed E-state index contributed by atoms with van der Waals surface area (Å²) in [5.41, 5.74) is 2.07. The first kappa shape index (κ1) is 14.3. The van der Waals surface area contributed by atoms with Crippen molar-refractivity contribution in [3.63, 3.8) is 0 Å². The van der Waals surface area contributed by atoms with Gasteiger partial charge in [0.15, 0.2) is 0 Å². The van der Waals surface area contributed by atoms with Gasteiger partial charge in [-0.2, -0.15) is 4.98 Å². The van der Waals surface area contributed by atoms with Crippen molar-refractivity contribution in [2.75, 3.05) is 13.2 Å². The molecule has 0 aliphatic carbocycles. The highest BCUT2D eigenvalue weighted by Gasteiger charge is 2.29. The summed E-state index contributed by atoms with van der Waals surface area (Å²) in [6.07, 6.45) is 0.453. The van der Waals surface area contributed by atoms with E-state index in [1.807, 2.05) is 18.2 Å². The van der Waals surface area contributed by atoms with Crippen LogP contribution in [0.3, 0.4) is 0 Å². The Labute approximate surface area is 127 Å². The highest BCUT2D eigenvalue weighted by atomic mass is 35.5. The van der Waals surface area contributed by atoms with Crippen LogP contribution >= 0.6 is 12.4 Å². The lowest BCUT2D eigenvalue weighted by Crippen LogP contribution is -2.14. The Morgan fingerprint density at radius 2 is 2.24 bits per heavy atom. The molecule has 1 saturated heterocycles. The number of hydrogen-bond acceptors (Lipinski definition) is 5. The van der Waals surface area contributed by atoms with Gasteiger partial charge in [0.25, 0.3) is 0 Å². The van der Waals surface area contributed by atoms with E-state index in [1.165, 1.54) is 0 Å². The Balaban J connectivity index is 0.00000132. The number of hydrogen-bond donors (Lipinski definition) is 1. The van der Waals surface area contributed by atoms with Crippen molar-refractivity contribution >= 4 is 12.4 Å². The van der Waals surface area contributed by atoms with Crippen LogP contribution in [0.1, 0.15) is 23.9 Å². The summed E-state index contributed by atoms with van der Waals surface area (Å²) in [5, 5.41) is 7.03. The predicted molar refractivity (Wildman–Crippen MR) is 76.4 cm³/mol. The van der Waals surface area contributed by atoms with Gasteiger partial charge in [-0.15, -0.1) is 12.4 Å². The average molecular weight is 312 g/mol. The number of nitrogens with one attached hydrogen (secondary N) is 1. The van der Waals surface area contributed by atoms with E-state index >= 15 is 0 Å². The Morgan fingerprint density at radius 1 is 1.33 bits per heavy atom. The van der Waals surface area contributed by atoms with Crippen molar-refractivity contribution in [1.82, 2.24) is 15.5 Å². The minimum absolute atomic E-state index is 0. The summed E-state index contributed by atoms with van der Waals surface area (Å²) < 4.78 is 23.9. The molecule has 0 spiro atoms. The van der Waals surface area contributed by atoms with Crippen molar-refractivity contribution < 1.29 is 13.7 Å². The van der Waals surface area contributed by atoms with Crippen molar-refractivity contribution in [1.29, 1.82) is 0 Å². The molecule has 1 aromatic heterocycles. The normalized spacial score (nSPS) is 23.5. The third-order valence-electron chi connectivity index (χ3n) is 3.76. The van der Waals surface area contributed by atoms with Crippen LogP contribution < -0.4 is 10.1 Å². The van der Waals surface area contributed by atoms with Gasteiger partial charge in [0, 0.05) is 24.9 Å². The Hall–Kier alpha value is -1.66. The van der Waals surface area contributed by atoms with E-state index in [-0.39, 0.29) is 18.4 Å². The molecule has 1 N–H and O–H groups in total. The third kappa shape index (κ3) is 2.61. The monoisotopic (exact) mass is 311 g/mol. The van der Waals surface area contributed by atoms with Crippen LogP contribution in [0.5, 0.6) is 5.75 Å². The van der Waals surface area contributed by atoms with E-state index in [0.717, 1.165) is 29.9 Å². The molecule has 21 heavy (non-hydrogen) atoms. The van der Waals surface area contributed by atoms with E-state index in [4.69, 9.17) is 9.26 Å². The summed E-state index contributed by atoms with van der Waals surface area (Å²) in [7, 11) is 0. The van der Waals surface area contributed by atoms with Crippen molar-refractivity contribution in [3.8, 4) is 17.1 Å². The number of fused-ring (bicyclic) bond motifs is 1. The van der Waals surface area contributed by atoms with Gasteiger partial charge < -0.3 is 14.6 Å². The van der Waals surface area contributed by atoms with Crippen LogP contribution in [0.15, 0.2) is 22.7 Å². The summed E-state index contributed by atoms with van der Waals surface area (Å²) in [4.78, 5) is 4.37. The van der Waals surface area contributed by atoms with E-state index < -0.39 is 6.17 Å². The number of halogens is 2. The van der Waals surface area contributed by atoms with E-state index in [9.17, 15) is 4.39 Å². The smallest absolute Gasteiger partial charge is 0.244 e. The molecular formula is C14H15ClFN3O2. The first-order valence-electron chi connectivity index (χ1n) is 6.77. The maximum atomic E-state index is 13.2. The molecule has 4 rings (SSSR count). The molecule has 2 aliphatic rings. The Morgan fingerprint density at radius 3 is 3.05 bits per heavy atom. The molecule has 2 atom stereocenters. The van der Waals surface area contributed by atoms with Gasteiger partial charge in [0.1, 0.15) is 11.9 Å². The highest BCUT2D eigenvalue weighted by molar-refractivity contribution is 5.85. The molecule has 0 saturated carbocycles. The average Bonchev–Trinajstić information content (AvgIpc) is 3.17. The van der Waals surface area contributed by atoms with Crippen LogP contribution in [0, 0.1) is 0 Å². The first-order chi connectivity index (χ1) is 9.79. The molecule has 5 nitrogen and oxygen atoms in total. The van der Waals surface area contributed by atoms with Gasteiger partial charge in [0.2, 0.25) is 11.7 Å². The molecule has 1 fully saturated rings. The first-order valence-corrected chi connectivity index (χ1v) is 6.77. The molecule has 0 radical (unpaired) electrons. The number of rotatable bonds is 2. The number of aromatic nitrogens is 2. The van der Waals surface area contributed by atoms with Gasteiger partial charge in [-0.25, -0.2) is 4.39 Å². The number of ether oxygens (including phenoxy) is 1.